The summed E-state index contributed by atoms with van der Waals surface area (Å²) < 4.78 is 5.57. The lowest BCUT2D eigenvalue weighted by atomic mass is 10.2. The summed E-state index contributed by atoms with van der Waals surface area (Å²) in [5.74, 6) is 0. The smallest absolute Gasteiger partial charge is 0.197 e. The van der Waals surface area contributed by atoms with Crippen molar-refractivity contribution < 1.29 is 4.74 Å². The maximum absolute atomic E-state index is 5.85. The zero-order valence-electron chi connectivity index (χ0n) is 12.9. The quantitative estimate of drug-likeness (QED) is 0.847. The van der Waals surface area contributed by atoms with Crippen molar-refractivity contribution >= 4 is 39.4 Å². The zero-order chi connectivity index (χ0) is 16.1. The average Bonchev–Trinajstić information content (AvgIpc) is 3.02. The van der Waals surface area contributed by atoms with Crippen molar-refractivity contribution in [2.75, 3.05) is 18.5 Å². The second kappa shape index (κ2) is 7.86. The molecule has 2 aliphatic rings. The molecule has 0 radical (unpaired) electrons. The van der Waals surface area contributed by atoms with Gasteiger partial charge in [0.15, 0.2) is 10.3 Å². The Morgan fingerprint density at radius 2 is 2.26 bits per heavy atom. The summed E-state index contributed by atoms with van der Waals surface area (Å²) in [6, 6.07) is 7.52. The molecular formula is C16H19ClN4OS. The third-order valence-corrected chi connectivity index (χ3v) is 4.50. The number of benzene rings is 1. The first-order valence-corrected chi connectivity index (χ1v) is 8.78. The van der Waals surface area contributed by atoms with Gasteiger partial charge < -0.3 is 15.4 Å². The van der Waals surface area contributed by atoms with Gasteiger partial charge in [-0.3, -0.25) is 0 Å². The molecule has 122 valence electrons. The van der Waals surface area contributed by atoms with Crippen molar-refractivity contribution in [2.24, 2.45) is 9.98 Å². The number of amidine groups is 2. The molecule has 0 aliphatic carbocycles. The molecule has 0 aromatic heterocycles. The lowest BCUT2D eigenvalue weighted by Crippen LogP contribution is -2.24. The molecular weight excluding hydrogens is 332 g/mol. The molecule has 0 amide bonds. The van der Waals surface area contributed by atoms with Gasteiger partial charge in [-0.25, -0.2) is 4.99 Å². The molecule has 2 heterocycles. The van der Waals surface area contributed by atoms with E-state index in [4.69, 9.17) is 16.3 Å². The van der Waals surface area contributed by atoms with Crippen LogP contribution in [-0.4, -0.2) is 29.6 Å². The van der Waals surface area contributed by atoms with E-state index < -0.39 is 0 Å². The van der Waals surface area contributed by atoms with Crippen LogP contribution in [0, 0.1) is 0 Å². The lowest BCUT2D eigenvalue weighted by molar-refractivity contribution is 0.112. The van der Waals surface area contributed by atoms with Gasteiger partial charge >= 0.3 is 0 Å². The van der Waals surface area contributed by atoms with Gasteiger partial charge in [-0.1, -0.05) is 11.6 Å². The molecule has 0 spiro atoms. The zero-order valence-corrected chi connectivity index (χ0v) is 14.5. The second-order valence-corrected chi connectivity index (χ2v) is 6.78. The van der Waals surface area contributed by atoms with E-state index in [1.54, 1.807) is 6.20 Å². The van der Waals surface area contributed by atoms with Gasteiger partial charge in [-0.05, 0) is 55.8 Å². The van der Waals surface area contributed by atoms with Crippen LogP contribution >= 0.6 is 23.4 Å². The number of thioether (sulfide) groups is 1. The highest BCUT2D eigenvalue weighted by Crippen LogP contribution is 2.23. The SMILES string of the molecule is C/C(=C/N=C1N=C(Nc2ccc(Cl)cc2)S1)NCC1CCCO1. The number of aliphatic imine (C=N–C) groups is 2. The minimum absolute atomic E-state index is 0.331. The van der Waals surface area contributed by atoms with Gasteiger partial charge in [0.1, 0.15) is 0 Å². The third kappa shape index (κ3) is 4.99. The summed E-state index contributed by atoms with van der Waals surface area (Å²) in [4.78, 5) is 8.68. The number of allylic oxidation sites excluding steroid dienone is 1. The Bertz CT molecular complexity index is 636. The van der Waals surface area contributed by atoms with E-state index in [0.29, 0.717) is 6.10 Å². The fourth-order valence-corrected chi connectivity index (χ4v) is 2.93. The number of rotatable bonds is 5. The Morgan fingerprint density at radius 3 is 2.96 bits per heavy atom. The highest BCUT2D eigenvalue weighted by Gasteiger charge is 2.17. The topological polar surface area (TPSA) is 58.0 Å². The molecule has 5 nitrogen and oxygen atoms in total. The van der Waals surface area contributed by atoms with Crippen LogP contribution in [0.1, 0.15) is 19.8 Å². The Hall–Kier alpha value is -1.50. The maximum Gasteiger partial charge on any atom is 0.197 e. The van der Waals surface area contributed by atoms with E-state index in [2.05, 4.69) is 20.6 Å². The standard InChI is InChI=1S/C16H19ClN4OS/c1-11(18-10-14-3-2-8-22-14)9-19-15-21-16(23-15)20-13-6-4-12(17)5-7-13/h4-7,9,14,18H,2-3,8,10H2,1H3,(H,19,20,21)/b11-9-. The van der Waals surface area contributed by atoms with Gasteiger partial charge in [-0.2, -0.15) is 4.99 Å². The van der Waals surface area contributed by atoms with Crippen molar-refractivity contribution in [1.29, 1.82) is 0 Å². The van der Waals surface area contributed by atoms with E-state index in [1.165, 1.54) is 11.8 Å². The van der Waals surface area contributed by atoms with Crippen LogP contribution in [0.3, 0.4) is 0 Å². The Morgan fingerprint density at radius 1 is 1.48 bits per heavy atom. The summed E-state index contributed by atoms with van der Waals surface area (Å²) in [6.07, 6.45) is 4.43. The number of anilines is 1. The molecule has 2 N–H and O–H groups in total. The molecule has 23 heavy (non-hydrogen) atoms. The Labute approximate surface area is 145 Å². The number of halogens is 1. The predicted octanol–water partition coefficient (Wildman–Crippen LogP) is 3.84. The molecule has 0 saturated carbocycles. The van der Waals surface area contributed by atoms with E-state index in [-0.39, 0.29) is 0 Å². The molecule has 1 atom stereocenters. The monoisotopic (exact) mass is 350 g/mol. The molecule has 1 fully saturated rings. The van der Waals surface area contributed by atoms with Crippen molar-refractivity contribution in [2.45, 2.75) is 25.9 Å². The normalized spacial score (nSPS) is 22.7. The van der Waals surface area contributed by atoms with Gasteiger partial charge in [0.25, 0.3) is 0 Å². The van der Waals surface area contributed by atoms with Crippen LogP contribution in [0.15, 0.2) is 46.1 Å². The van der Waals surface area contributed by atoms with Crippen LogP contribution in [0.2, 0.25) is 5.02 Å². The number of nitrogens with zero attached hydrogens (tertiary/aromatic N) is 2. The number of nitrogens with one attached hydrogen (secondary N) is 2. The van der Waals surface area contributed by atoms with Gasteiger partial charge in [-0.15, -0.1) is 0 Å². The molecule has 1 unspecified atom stereocenters. The number of hydrogen-bond donors (Lipinski definition) is 2. The summed E-state index contributed by atoms with van der Waals surface area (Å²) >= 11 is 7.37. The first-order valence-electron chi connectivity index (χ1n) is 7.58. The molecule has 1 aromatic rings. The van der Waals surface area contributed by atoms with Gasteiger partial charge in [0.2, 0.25) is 0 Å². The minimum Gasteiger partial charge on any atom is -0.385 e. The van der Waals surface area contributed by atoms with Crippen LogP contribution in [0.5, 0.6) is 0 Å². The largest absolute Gasteiger partial charge is 0.385 e. The highest BCUT2D eigenvalue weighted by molar-refractivity contribution is 8.29. The van der Waals surface area contributed by atoms with E-state index in [9.17, 15) is 0 Å². The van der Waals surface area contributed by atoms with E-state index in [1.807, 2.05) is 31.2 Å². The van der Waals surface area contributed by atoms with Crippen molar-refractivity contribution in [1.82, 2.24) is 5.32 Å². The molecule has 0 bridgehead atoms. The average molecular weight is 351 g/mol. The van der Waals surface area contributed by atoms with Crippen LogP contribution < -0.4 is 10.6 Å². The van der Waals surface area contributed by atoms with Gasteiger partial charge in [0, 0.05) is 35.8 Å². The number of hydrogen-bond acceptors (Lipinski definition) is 5. The summed E-state index contributed by atoms with van der Waals surface area (Å²) in [5, 5.41) is 8.84. The predicted molar refractivity (Wildman–Crippen MR) is 98.3 cm³/mol. The molecule has 3 rings (SSSR count). The van der Waals surface area contributed by atoms with Crippen molar-refractivity contribution in [3.05, 3.63) is 41.2 Å². The summed E-state index contributed by atoms with van der Waals surface area (Å²) in [6.45, 7) is 3.72. The van der Waals surface area contributed by atoms with E-state index in [0.717, 1.165) is 52.7 Å². The van der Waals surface area contributed by atoms with Crippen LogP contribution in [-0.2, 0) is 4.74 Å². The Balaban J connectivity index is 1.45. The van der Waals surface area contributed by atoms with Crippen LogP contribution in [0.25, 0.3) is 0 Å². The van der Waals surface area contributed by atoms with Gasteiger partial charge in [0.05, 0.1) is 6.10 Å². The fraction of sp³-hybridized carbons (Fsp3) is 0.375. The highest BCUT2D eigenvalue weighted by atomic mass is 35.5. The van der Waals surface area contributed by atoms with Crippen molar-refractivity contribution in [3.63, 3.8) is 0 Å². The number of ether oxygens (including phenoxy) is 1. The first kappa shape index (κ1) is 16.4. The molecule has 2 aliphatic heterocycles. The van der Waals surface area contributed by atoms with Crippen LogP contribution in [0.4, 0.5) is 5.69 Å². The van der Waals surface area contributed by atoms with Crippen molar-refractivity contribution in [3.8, 4) is 0 Å². The molecule has 1 saturated heterocycles. The minimum atomic E-state index is 0.331. The summed E-state index contributed by atoms with van der Waals surface area (Å²) in [5.41, 5.74) is 1.98. The lowest BCUT2D eigenvalue weighted by Gasteiger charge is -2.16. The third-order valence-electron chi connectivity index (χ3n) is 3.48. The fourth-order valence-electron chi connectivity index (χ4n) is 2.22. The Kier molecular flexibility index (Phi) is 5.59. The maximum atomic E-state index is 5.85. The summed E-state index contributed by atoms with van der Waals surface area (Å²) in [7, 11) is 0. The second-order valence-electron chi connectivity index (χ2n) is 5.39. The molecule has 7 heteroatoms. The first-order chi connectivity index (χ1) is 11.2. The molecule has 1 aromatic carbocycles. The van der Waals surface area contributed by atoms with E-state index >= 15 is 0 Å².